The molecule has 1 fully saturated rings. The van der Waals surface area contributed by atoms with Crippen molar-refractivity contribution in [1.29, 1.82) is 0 Å². The second-order valence-corrected chi connectivity index (χ2v) is 4.44. The number of amidine groups is 1. The zero-order valence-corrected chi connectivity index (χ0v) is 10.7. The van der Waals surface area contributed by atoms with Crippen LogP contribution in [0, 0.1) is 6.92 Å². The highest BCUT2D eigenvalue weighted by Gasteiger charge is 2.23. The summed E-state index contributed by atoms with van der Waals surface area (Å²) in [5.41, 5.74) is 7.83. The Hall–Kier alpha value is -2.08. The molecule has 1 aromatic rings. The van der Waals surface area contributed by atoms with Crippen LogP contribution in [-0.2, 0) is 4.74 Å². The predicted molar refractivity (Wildman–Crippen MR) is 71.2 cm³/mol. The quantitative estimate of drug-likeness (QED) is 0.616. The molecule has 6 heteroatoms. The summed E-state index contributed by atoms with van der Waals surface area (Å²) in [6.45, 7) is 2.88. The van der Waals surface area contributed by atoms with Gasteiger partial charge in [-0.3, -0.25) is 0 Å². The summed E-state index contributed by atoms with van der Waals surface area (Å²) in [5, 5.41) is 8.93. The van der Waals surface area contributed by atoms with Crippen LogP contribution in [-0.4, -0.2) is 47.9 Å². The van der Waals surface area contributed by atoms with Crippen molar-refractivity contribution in [2.24, 2.45) is 10.7 Å². The third kappa shape index (κ3) is 3.45. The van der Waals surface area contributed by atoms with E-state index in [9.17, 15) is 4.79 Å². The molecule has 1 aromatic carbocycles. The molecule has 1 saturated heterocycles. The summed E-state index contributed by atoms with van der Waals surface area (Å²) in [6, 6.07) is 7.67. The summed E-state index contributed by atoms with van der Waals surface area (Å²) >= 11 is 0. The van der Waals surface area contributed by atoms with Crippen LogP contribution >= 0.6 is 0 Å². The first-order chi connectivity index (χ1) is 9.06. The highest BCUT2D eigenvalue weighted by molar-refractivity contribution is 5.97. The second-order valence-electron chi connectivity index (χ2n) is 4.44. The Bertz CT molecular complexity index is 502. The van der Waals surface area contributed by atoms with Crippen LogP contribution in [0.2, 0.25) is 0 Å². The smallest absolute Gasteiger partial charge is 0.407 e. The van der Waals surface area contributed by atoms with Gasteiger partial charge in [-0.1, -0.05) is 23.8 Å². The number of amides is 1. The molecule has 0 aliphatic carbocycles. The van der Waals surface area contributed by atoms with Gasteiger partial charge in [-0.05, 0) is 13.0 Å². The number of aryl methyl sites for hydroxylation is 1. The van der Waals surface area contributed by atoms with E-state index >= 15 is 0 Å². The fourth-order valence-corrected chi connectivity index (χ4v) is 1.92. The summed E-state index contributed by atoms with van der Waals surface area (Å²) in [4.78, 5) is 16.4. The van der Waals surface area contributed by atoms with Gasteiger partial charge in [0.1, 0.15) is 5.84 Å². The van der Waals surface area contributed by atoms with Gasteiger partial charge in [0.25, 0.3) is 0 Å². The monoisotopic (exact) mass is 263 g/mol. The van der Waals surface area contributed by atoms with Gasteiger partial charge in [0.05, 0.1) is 13.2 Å². The minimum atomic E-state index is -0.961. The van der Waals surface area contributed by atoms with Crippen LogP contribution < -0.4 is 5.73 Å². The van der Waals surface area contributed by atoms with Crippen LogP contribution in [0.15, 0.2) is 29.3 Å². The third-order valence-corrected chi connectivity index (χ3v) is 2.92. The zero-order chi connectivity index (χ0) is 13.8. The molecule has 1 amide bonds. The molecule has 6 nitrogen and oxygen atoms in total. The van der Waals surface area contributed by atoms with Gasteiger partial charge in [0, 0.05) is 12.1 Å². The van der Waals surface area contributed by atoms with Crippen LogP contribution in [0.1, 0.15) is 11.1 Å². The SMILES string of the molecule is Cc1cccc(/C(N)=N/C2CN(C(=O)O)CCO2)c1. The lowest BCUT2D eigenvalue weighted by molar-refractivity contribution is -0.0168. The van der Waals surface area contributed by atoms with Gasteiger partial charge < -0.3 is 20.5 Å². The maximum Gasteiger partial charge on any atom is 0.407 e. The van der Waals surface area contributed by atoms with Gasteiger partial charge >= 0.3 is 6.09 Å². The van der Waals surface area contributed by atoms with E-state index in [2.05, 4.69) is 4.99 Å². The second kappa shape index (κ2) is 5.71. The van der Waals surface area contributed by atoms with E-state index in [0.29, 0.717) is 19.0 Å². The normalized spacial score (nSPS) is 20.4. The van der Waals surface area contributed by atoms with E-state index in [-0.39, 0.29) is 6.54 Å². The Kier molecular flexibility index (Phi) is 4.01. The van der Waals surface area contributed by atoms with E-state index < -0.39 is 12.3 Å². The predicted octanol–water partition coefficient (Wildman–Crippen LogP) is 1.04. The Labute approximate surface area is 111 Å². The van der Waals surface area contributed by atoms with Crippen LogP contribution in [0.25, 0.3) is 0 Å². The van der Waals surface area contributed by atoms with Crippen molar-refractivity contribution < 1.29 is 14.6 Å². The zero-order valence-electron chi connectivity index (χ0n) is 10.7. The number of benzene rings is 1. The highest BCUT2D eigenvalue weighted by atomic mass is 16.5. The molecule has 1 atom stereocenters. The molecule has 0 spiro atoms. The Morgan fingerprint density at radius 2 is 2.37 bits per heavy atom. The number of carbonyl (C=O) groups is 1. The number of hydrogen-bond acceptors (Lipinski definition) is 3. The van der Waals surface area contributed by atoms with E-state index in [4.69, 9.17) is 15.6 Å². The molecule has 1 unspecified atom stereocenters. The Balaban J connectivity index is 2.10. The standard InChI is InChI=1S/C13H17N3O3/c1-9-3-2-4-10(7-9)12(14)15-11-8-16(13(17)18)5-6-19-11/h2-4,7,11H,5-6,8H2,1H3,(H2,14,15)(H,17,18). The van der Waals surface area contributed by atoms with Crippen molar-refractivity contribution in [3.63, 3.8) is 0 Å². The number of rotatable bonds is 2. The molecule has 0 saturated carbocycles. The molecule has 102 valence electrons. The third-order valence-electron chi connectivity index (χ3n) is 2.92. The lowest BCUT2D eigenvalue weighted by Gasteiger charge is -2.28. The molecule has 1 heterocycles. The lowest BCUT2D eigenvalue weighted by Crippen LogP contribution is -2.44. The number of morpholine rings is 1. The average Bonchev–Trinajstić information content (AvgIpc) is 2.39. The van der Waals surface area contributed by atoms with E-state index in [1.165, 1.54) is 4.90 Å². The van der Waals surface area contributed by atoms with Gasteiger partial charge in [-0.25, -0.2) is 9.79 Å². The van der Waals surface area contributed by atoms with Crippen molar-refractivity contribution in [2.45, 2.75) is 13.2 Å². The molecular formula is C13H17N3O3. The molecule has 0 radical (unpaired) electrons. The Morgan fingerprint density at radius 1 is 1.58 bits per heavy atom. The maximum atomic E-state index is 10.9. The molecule has 3 N–H and O–H groups in total. The molecule has 0 bridgehead atoms. The number of aliphatic imine (C=N–C) groups is 1. The van der Waals surface area contributed by atoms with Gasteiger partial charge in [0.2, 0.25) is 0 Å². The molecule has 1 aliphatic rings. The summed E-state index contributed by atoms with van der Waals surface area (Å²) in [6.07, 6.45) is -1.50. The fraction of sp³-hybridized carbons (Fsp3) is 0.385. The van der Waals surface area contributed by atoms with Crippen LogP contribution in [0.5, 0.6) is 0 Å². The fourth-order valence-electron chi connectivity index (χ4n) is 1.92. The number of nitrogens with zero attached hydrogens (tertiary/aromatic N) is 2. The Morgan fingerprint density at radius 3 is 3.05 bits per heavy atom. The van der Waals surface area contributed by atoms with E-state index in [1.807, 2.05) is 31.2 Å². The minimum absolute atomic E-state index is 0.210. The largest absolute Gasteiger partial charge is 0.465 e. The average molecular weight is 263 g/mol. The lowest BCUT2D eigenvalue weighted by atomic mass is 10.1. The molecule has 1 aliphatic heterocycles. The topological polar surface area (TPSA) is 88.2 Å². The van der Waals surface area contributed by atoms with Crippen molar-refractivity contribution in [2.75, 3.05) is 19.7 Å². The number of nitrogens with two attached hydrogens (primary N) is 1. The van der Waals surface area contributed by atoms with Crippen molar-refractivity contribution in [3.8, 4) is 0 Å². The summed E-state index contributed by atoms with van der Waals surface area (Å²) in [5.74, 6) is 0.362. The summed E-state index contributed by atoms with van der Waals surface area (Å²) in [7, 11) is 0. The first-order valence-electron chi connectivity index (χ1n) is 6.06. The van der Waals surface area contributed by atoms with Gasteiger partial charge in [0.15, 0.2) is 6.23 Å². The maximum absolute atomic E-state index is 10.9. The molecule has 19 heavy (non-hydrogen) atoms. The minimum Gasteiger partial charge on any atom is -0.465 e. The van der Waals surface area contributed by atoms with Gasteiger partial charge in [-0.15, -0.1) is 0 Å². The van der Waals surface area contributed by atoms with Crippen molar-refractivity contribution >= 4 is 11.9 Å². The molecule has 2 rings (SSSR count). The van der Waals surface area contributed by atoms with E-state index in [1.54, 1.807) is 0 Å². The highest BCUT2D eigenvalue weighted by Crippen LogP contribution is 2.09. The van der Waals surface area contributed by atoms with Gasteiger partial charge in [-0.2, -0.15) is 0 Å². The molecule has 0 aromatic heterocycles. The van der Waals surface area contributed by atoms with Crippen molar-refractivity contribution in [3.05, 3.63) is 35.4 Å². The summed E-state index contributed by atoms with van der Waals surface area (Å²) < 4.78 is 5.41. The number of carboxylic acid groups (broad SMARTS) is 1. The number of hydrogen-bond donors (Lipinski definition) is 2. The first-order valence-corrected chi connectivity index (χ1v) is 6.06. The van der Waals surface area contributed by atoms with Crippen LogP contribution in [0.4, 0.5) is 4.79 Å². The van der Waals surface area contributed by atoms with E-state index in [0.717, 1.165) is 11.1 Å². The van der Waals surface area contributed by atoms with Crippen LogP contribution in [0.3, 0.4) is 0 Å². The van der Waals surface area contributed by atoms with Crippen molar-refractivity contribution in [1.82, 2.24) is 4.90 Å². The number of ether oxygens (including phenoxy) is 1. The molecular weight excluding hydrogens is 246 g/mol. The first kappa shape index (κ1) is 13.4.